The van der Waals surface area contributed by atoms with Crippen molar-refractivity contribution in [1.29, 1.82) is 0 Å². The summed E-state index contributed by atoms with van der Waals surface area (Å²) >= 11 is 5.81. The zero-order valence-corrected chi connectivity index (χ0v) is 13.0. The zero-order chi connectivity index (χ0) is 14.9. The molecule has 0 bridgehead atoms. The number of hydrogen-bond acceptors (Lipinski definition) is 3. The molecule has 0 aromatic heterocycles. The number of likely N-dealkylation sites (tertiary alicyclic amines) is 1. The molecule has 1 saturated heterocycles. The van der Waals surface area contributed by atoms with Crippen LogP contribution in [0.15, 0.2) is 29.4 Å². The van der Waals surface area contributed by atoms with Crippen LogP contribution in [0.4, 0.5) is 0 Å². The quantitative estimate of drug-likeness (QED) is 0.686. The first-order chi connectivity index (χ1) is 10.2. The van der Waals surface area contributed by atoms with Crippen molar-refractivity contribution in [2.24, 2.45) is 5.10 Å². The van der Waals surface area contributed by atoms with E-state index >= 15 is 0 Å². The molecule has 0 radical (unpaired) electrons. The third kappa shape index (κ3) is 6.27. The summed E-state index contributed by atoms with van der Waals surface area (Å²) in [5.74, 6) is -0.0548. The van der Waals surface area contributed by atoms with E-state index in [1.54, 1.807) is 18.3 Å². The standard InChI is InChI=1S/C16H22ClN3O/c17-15-8-6-14(7-9-15)12-18-19-16(21)13-20-10-4-2-1-3-5-11-20/h6-9,12H,1-5,10-11,13H2,(H,19,21). The van der Waals surface area contributed by atoms with Crippen LogP contribution >= 0.6 is 11.6 Å². The molecule has 21 heavy (non-hydrogen) atoms. The van der Waals surface area contributed by atoms with E-state index in [-0.39, 0.29) is 5.91 Å². The van der Waals surface area contributed by atoms with E-state index in [2.05, 4.69) is 15.4 Å². The number of nitrogens with one attached hydrogen (secondary N) is 1. The van der Waals surface area contributed by atoms with Gasteiger partial charge < -0.3 is 0 Å². The topological polar surface area (TPSA) is 44.7 Å². The Bertz CT molecular complexity index is 465. The fourth-order valence-corrected chi connectivity index (χ4v) is 2.56. The van der Waals surface area contributed by atoms with Gasteiger partial charge in [0.05, 0.1) is 12.8 Å². The van der Waals surface area contributed by atoms with Crippen molar-refractivity contribution in [1.82, 2.24) is 10.3 Å². The molecule has 1 aromatic carbocycles. The lowest BCUT2D eigenvalue weighted by atomic mass is 10.1. The van der Waals surface area contributed by atoms with Crippen molar-refractivity contribution in [3.05, 3.63) is 34.9 Å². The van der Waals surface area contributed by atoms with Crippen molar-refractivity contribution in [2.75, 3.05) is 19.6 Å². The lowest BCUT2D eigenvalue weighted by Crippen LogP contribution is -2.37. The summed E-state index contributed by atoms with van der Waals surface area (Å²) < 4.78 is 0. The Morgan fingerprint density at radius 2 is 1.76 bits per heavy atom. The van der Waals surface area contributed by atoms with Gasteiger partial charge in [-0.15, -0.1) is 0 Å². The first kappa shape index (κ1) is 16.0. The minimum Gasteiger partial charge on any atom is -0.294 e. The number of hydrogen-bond donors (Lipinski definition) is 1. The average molecular weight is 308 g/mol. The first-order valence-corrected chi connectivity index (χ1v) is 7.92. The average Bonchev–Trinajstić information content (AvgIpc) is 2.44. The van der Waals surface area contributed by atoms with Crippen LogP contribution in [0.1, 0.15) is 37.7 Å². The number of rotatable bonds is 4. The molecule has 4 nitrogen and oxygen atoms in total. The summed E-state index contributed by atoms with van der Waals surface area (Å²) in [5.41, 5.74) is 3.49. The first-order valence-electron chi connectivity index (χ1n) is 7.54. The molecule has 1 N–H and O–H groups in total. The van der Waals surface area contributed by atoms with Gasteiger partial charge in [-0.25, -0.2) is 5.43 Å². The number of hydrazone groups is 1. The summed E-state index contributed by atoms with van der Waals surface area (Å²) in [6, 6.07) is 7.31. The Hall–Kier alpha value is -1.39. The van der Waals surface area contributed by atoms with Crippen molar-refractivity contribution in [3.63, 3.8) is 0 Å². The summed E-state index contributed by atoms with van der Waals surface area (Å²) in [7, 11) is 0. The SMILES string of the molecule is O=C(CN1CCCCCCC1)NN=Cc1ccc(Cl)cc1. The third-order valence-electron chi connectivity index (χ3n) is 3.59. The minimum atomic E-state index is -0.0548. The van der Waals surface area contributed by atoms with Crippen LogP contribution in [0, 0.1) is 0 Å². The minimum absolute atomic E-state index is 0.0548. The Morgan fingerprint density at radius 3 is 2.43 bits per heavy atom. The number of benzene rings is 1. The molecule has 1 aromatic rings. The second kappa shape index (κ2) is 8.80. The van der Waals surface area contributed by atoms with Crippen molar-refractivity contribution >= 4 is 23.7 Å². The third-order valence-corrected chi connectivity index (χ3v) is 3.84. The van der Waals surface area contributed by atoms with E-state index in [1.165, 1.54) is 32.1 Å². The van der Waals surface area contributed by atoms with E-state index < -0.39 is 0 Å². The van der Waals surface area contributed by atoms with Crippen LogP contribution in [0.3, 0.4) is 0 Å². The van der Waals surface area contributed by atoms with E-state index in [9.17, 15) is 4.79 Å². The van der Waals surface area contributed by atoms with Gasteiger partial charge in [-0.1, -0.05) is 43.0 Å². The van der Waals surface area contributed by atoms with Gasteiger partial charge in [0, 0.05) is 5.02 Å². The van der Waals surface area contributed by atoms with Crippen LogP contribution in [0.25, 0.3) is 0 Å². The van der Waals surface area contributed by atoms with E-state index in [4.69, 9.17) is 11.6 Å². The maximum Gasteiger partial charge on any atom is 0.254 e. The van der Waals surface area contributed by atoms with Crippen LogP contribution in [0.5, 0.6) is 0 Å². The molecule has 5 heteroatoms. The second-order valence-corrected chi connectivity index (χ2v) is 5.83. The number of carbonyl (C=O) groups excluding carboxylic acids is 1. The van der Waals surface area contributed by atoms with Crippen LogP contribution in [-0.2, 0) is 4.79 Å². The zero-order valence-electron chi connectivity index (χ0n) is 12.2. The molecule has 1 amide bonds. The molecule has 1 aliphatic heterocycles. The Labute approximate surface area is 131 Å². The molecule has 0 saturated carbocycles. The van der Waals surface area contributed by atoms with Crippen LogP contribution in [0.2, 0.25) is 5.02 Å². The largest absolute Gasteiger partial charge is 0.294 e. The van der Waals surface area contributed by atoms with Crippen molar-refractivity contribution < 1.29 is 4.79 Å². The fourth-order valence-electron chi connectivity index (χ4n) is 2.44. The van der Waals surface area contributed by atoms with Gasteiger partial charge in [0.15, 0.2) is 0 Å². The summed E-state index contributed by atoms with van der Waals surface area (Å²) in [4.78, 5) is 14.1. The maximum absolute atomic E-state index is 11.9. The molecule has 1 heterocycles. The highest BCUT2D eigenvalue weighted by atomic mass is 35.5. The number of carbonyl (C=O) groups is 1. The molecule has 1 fully saturated rings. The molecule has 1 aliphatic rings. The monoisotopic (exact) mass is 307 g/mol. The van der Waals surface area contributed by atoms with E-state index in [0.717, 1.165) is 18.7 Å². The molecule has 2 rings (SSSR count). The predicted molar refractivity (Wildman–Crippen MR) is 86.7 cm³/mol. The summed E-state index contributed by atoms with van der Waals surface area (Å²) in [6.45, 7) is 2.45. The number of halogens is 1. The van der Waals surface area contributed by atoms with Crippen molar-refractivity contribution in [2.45, 2.75) is 32.1 Å². The Morgan fingerprint density at radius 1 is 1.14 bits per heavy atom. The lowest BCUT2D eigenvalue weighted by Gasteiger charge is -2.23. The smallest absolute Gasteiger partial charge is 0.254 e. The van der Waals surface area contributed by atoms with Crippen molar-refractivity contribution in [3.8, 4) is 0 Å². The van der Waals surface area contributed by atoms with Crippen LogP contribution in [-0.4, -0.2) is 36.7 Å². The number of amides is 1. The lowest BCUT2D eigenvalue weighted by molar-refractivity contribution is -0.122. The molecule has 114 valence electrons. The summed E-state index contributed by atoms with van der Waals surface area (Å²) in [6.07, 6.45) is 7.86. The Kier molecular flexibility index (Phi) is 6.70. The number of nitrogens with zero attached hydrogens (tertiary/aromatic N) is 2. The van der Waals surface area contributed by atoms with Gasteiger partial charge in [-0.2, -0.15) is 5.10 Å². The van der Waals surface area contributed by atoms with E-state index in [0.29, 0.717) is 11.6 Å². The van der Waals surface area contributed by atoms with Crippen LogP contribution < -0.4 is 5.43 Å². The van der Waals surface area contributed by atoms with Gasteiger partial charge in [-0.3, -0.25) is 9.69 Å². The predicted octanol–water partition coefficient (Wildman–Crippen LogP) is 3.06. The maximum atomic E-state index is 11.9. The normalized spacial score (nSPS) is 17.4. The molecule has 0 aliphatic carbocycles. The van der Waals surface area contributed by atoms with E-state index in [1.807, 2.05) is 12.1 Å². The highest BCUT2D eigenvalue weighted by Crippen LogP contribution is 2.10. The fraction of sp³-hybridized carbons (Fsp3) is 0.500. The summed E-state index contributed by atoms with van der Waals surface area (Å²) in [5, 5.41) is 4.67. The second-order valence-electron chi connectivity index (χ2n) is 5.39. The van der Waals surface area contributed by atoms with Gasteiger partial charge >= 0.3 is 0 Å². The highest BCUT2D eigenvalue weighted by molar-refractivity contribution is 6.30. The van der Waals surface area contributed by atoms with Gasteiger partial charge in [0.25, 0.3) is 5.91 Å². The molecule has 0 spiro atoms. The van der Waals surface area contributed by atoms with Gasteiger partial charge in [0.1, 0.15) is 0 Å². The van der Waals surface area contributed by atoms with Gasteiger partial charge in [0.2, 0.25) is 0 Å². The molecular weight excluding hydrogens is 286 g/mol. The Balaban J connectivity index is 1.74. The van der Waals surface area contributed by atoms with Gasteiger partial charge in [-0.05, 0) is 43.6 Å². The highest BCUT2D eigenvalue weighted by Gasteiger charge is 2.11. The molecular formula is C16H22ClN3O. The molecule has 0 atom stereocenters. The molecule has 0 unspecified atom stereocenters.